The van der Waals surface area contributed by atoms with Gasteiger partial charge >= 0.3 is 5.97 Å². The third-order valence-corrected chi connectivity index (χ3v) is 3.86. The summed E-state index contributed by atoms with van der Waals surface area (Å²) in [4.78, 5) is 14.7. The Morgan fingerprint density at radius 1 is 0.909 bits per heavy atom. The Hall–Kier alpha value is -3.14. The van der Waals surface area contributed by atoms with Crippen molar-refractivity contribution in [1.29, 1.82) is 0 Å². The molecule has 22 heavy (non-hydrogen) atoms. The minimum atomic E-state index is -0.931. The molecule has 2 N–H and O–H groups in total. The highest BCUT2D eigenvalue weighted by Gasteiger charge is 2.18. The molecule has 2 aromatic carbocycles. The number of fused-ring (bicyclic) bond motifs is 3. The Balaban J connectivity index is 1.97. The van der Waals surface area contributed by atoms with Crippen LogP contribution in [0.15, 0.2) is 67.0 Å². The largest absolute Gasteiger partial charge is 0.477 e. The molecule has 0 atom stereocenters. The minimum Gasteiger partial charge on any atom is -0.477 e. The minimum absolute atomic E-state index is 0.281. The summed E-state index contributed by atoms with van der Waals surface area (Å²) < 4.78 is 1.83. The molecule has 106 valence electrons. The summed E-state index contributed by atoms with van der Waals surface area (Å²) in [6, 6.07) is 17.1. The fourth-order valence-electron chi connectivity index (χ4n) is 2.83. The average molecular weight is 289 g/mol. The summed E-state index contributed by atoms with van der Waals surface area (Å²) >= 11 is 0. The zero-order valence-corrected chi connectivity index (χ0v) is 11.7. The number of pyridine rings is 1. The number of aromatic carboxylic acids is 1. The van der Waals surface area contributed by atoms with Gasteiger partial charge in [0.2, 0.25) is 5.69 Å². The first-order valence-corrected chi connectivity index (χ1v) is 6.98. The van der Waals surface area contributed by atoms with Crippen LogP contribution >= 0.6 is 0 Å². The van der Waals surface area contributed by atoms with E-state index in [1.807, 2.05) is 47.3 Å². The van der Waals surface area contributed by atoms with Gasteiger partial charge in [-0.15, -0.1) is 0 Å². The topological polar surface area (TPSA) is 57.0 Å². The Morgan fingerprint density at radius 2 is 1.64 bits per heavy atom. The first-order chi connectivity index (χ1) is 10.7. The number of nitrogens with one attached hydrogen (secondary N) is 1. The number of nitrogens with zero attached hydrogens (tertiary/aromatic N) is 1. The highest BCUT2D eigenvalue weighted by molar-refractivity contribution is 6.06. The van der Waals surface area contributed by atoms with E-state index >= 15 is 0 Å². The Kier molecular flexibility index (Phi) is 2.69. The van der Waals surface area contributed by atoms with Crippen molar-refractivity contribution in [1.82, 2.24) is 4.98 Å². The molecule has 0 unspecified atom stereocenters. The fraction of sp³-hybridized carbons (Fsp3) is 0. The zero-order valence-electron chi connectivity index (χ0n) is 11.7. The number of rotatable bonds is 2. The Bertz CT molecular complexity index is 1020. The molecule has 0 radical (unpaired) electrons. The molecule has 0 amide bonds. The van der Waals surface area contributed by atoms with Gasteiger partial charge < -0.3 is 10.1 Å². The highest BCUT2D eigenvalue weighted by Crippen LogP contribution is 2.24. The van der Waals surface area contributed by atoms with Crippen LogP contribution in [0.1, 0.15) is 10.4 Å². The van der Waals surface area contributed by atoms with Gasteiger partial charge in [-0.05, 0) is 12.1 Å². The number of hydrogen-bond acceptors (Lipinski definition) is 1. The lowest BCUT2D eigenvalue weighted by Crippen LogP contribution is -2.31. The molecule has 2 aromatic heterocycles. The fourth-order valence-corrected chi connectivity index (χ4v) is 2.83. The number of benzene rings is 2. The molecular formula is C18H13N2O2+. The van der Waals surface area contributed by atoms with E-state index in [9.17, 15) is 9.90 Å². The van der Waals surface area contributed by atoms with Crippen LogP contribution in [0.5, 0.6) is 0 Å². The smallest absolute Gasteiger partial charge is 0.342 e. The second kappa shape index (κ2) is 4.70. The molecule has 0 aliphatic rings. The maximum Gasteiger partial charge on any atom is 0.342 e. The van der Waals surface area contributed by atoms with E-state index in [1.165, 1.54) is 0 Å². The number of hydrogen-bond donors (Lipinski definition) is 2. The molecule has 2 heterocycles. The number of carboxylic acid groups (broad SMARTS) is 1. The second-order valence-corrected chi connectivity index (χ2v) is 5.17. The molecule has 4 heteroatoms. The summed E-state index contributed by atoms with van der Waals surface area (Å²) in [6.45, 7) is 0. The third-order valence-electron chi connectivity index (χ3n) is 3.86. The zero-order chi connectivity index (χ0) is 15.1. The Morgan fingerprint density at radius 3 is 2.50 bits per heavy atom. The van der Waals surface area contributed by atoms with Gasteiger partial charge in [0, 0.05) is 28.4 Å². The number of para-hydroxylation sites is 2. The van der Waals surface area contributed by atoms with Gasteiger partial charge in [0.05, 0.1) is 0 Å². The molecule has 0 aliphatic heterocycles. The molecule has 4 nitrogen and oxygen atoms in total. The maximum atomic E-state index is 11.4. The molecule has 0 aliphatic carbocycles. The summed E-state index contributed by atoms with van der Waals surface area (Å²) in [5, 5.41) is 11.6. The van der Waals surface area contributed by atoms with Crippen molar-refractivity contribution in [2.24, 2.45) is 0 Å². The molecule has 0 saturated carbocycles. The quantitative estimate of drug-likeness (QED) is 0.556. The normalized spacial score (nSPS) is 11.1. The lowest BCUT2D eigenvalue weighted by atomic mass is 10.1. The lowest BCUT2D eigenvalue weighted by molar-refractivity contribution is -0.594. The Labute approximate surface area is 126 Å². The van der Waals surface area contributed by atoms with Crippen molar-refractivity contribution in [2.45, 2.75) is 0 Å². The third kappa shape index (κ3) is 1.85. The van der Waals surface area contributed by atoms with Crippen LogP contribution in [0.4, 0.5) is 0 Å². The number of carboxylic acids is 1. The van der Waals surface area contributed by atoms with Crippen molar-refractivity contribution >= 4 is 27.8 Å². The van der Waals surface area contributed by atoms with Crippen molar-refractivity contribution in [3.05, 3.63) is 72.6 Å². The monoisotopic (exact) mass is 289 g/mol. The van der Waals surface area contributed by atoms with Gasteiger partial charge in [-0.3, -0.25) is 0 Å². The van der Waals surface area contributed by atoms with Gasteiger partial charge in [-0.25, -0.2) is 4.79 Å². The van der Waals surface area contributed by atoms with E-state index in [0.717, 1.165) is 21.8 Å². The van der Waals surface area contributed by atoms with Gasteiger partial charge in [0.25, 0.3) is 0 Å². The highest BCUT2D eigenvalue weighted by atomic mass is 16.4. The number of aromatic nitrogens is 2. The molecule has 4 aromatic rings. The van der Waals surface area contributed by atoms with Gasteiger partial charge in [0.1, 0.15) is 11.1 Å². The lowest BCUT2D eigenvalue weighted by Gasteiger charge is -2.00. The first kappa shape index (κ1) is 12.6. The van der Waals surface area contributed by atoms with E-state index in [1.54, 1.807) is 18.2 Å². The second-order valence-electron chi connectivity index (χ2n) is 5.17. The van der Waals surface area contributed by atoms with E-state index < -0.39 is 5.97 Å². The first-order valence-electron chi connectivity index (χ1n) is 6.98. The average Bonchev–Trinajstić information content (AvgIpc) is 2.92. The molecule has 4 rings (SSSR count). The SMILES string of the molecule is O=C(O)c1ccccc1-[n+]1ccc2c(c1)[nH]c1ccccc12. The van der Waals surface area contributed by atoms with Crippen LogP contribution < -0.4 is 4.57 Å². The predicted octanol–water partition coefficient (Wildman–Crippen LogP) is 3.30. The molecular weight excluding hydrogens is 276 g/mol. The van der Waals surface area contributed by atoms with E-state index in [2.05, 4.69) is 11.1 Å². The number of carbonyl (C=O) groups is 1. The van der Waals surface area contributed by atoms with E-state index in [-0.39, 0.29) is 5.56 Å². The van der Waals surface area contributed by atoms with Crippen molar-refractivity contribution < 1.29 is 14.5 Å². The van der Waals surface area contributed by atoms with Gasteiger partial charge in [-0.1, -0.05) is 30.3 Å². The van der Waals surface area contributed by atoms with Crippen molar-refractivity contribution in [2.75, 3.05) is 0 Å². The van der Waals surface area contributed by atoms with E-state index in [0.29, 0.717) is 5.69 Å². The summed E-state index contributed by atoms with van der Waals surface area (Å²) in [5.74, 6) is -0.931. The van der Waals surface area contributed by atoms with Gasteiger partial charge in [0.15, 0.2) is 12.4 Å². The van der Waals surface area contributed by atoms with Crippen molar-refractivity contribution in [3.8, 4) is 5.69 Å². The van der Waals surface area contributed by atoms with Crippen LogP contribution in [0.3, 0.4) is 0 Å². The number of H-pyrrole nitrogens is 1. The maximum absolute atomic E-state index is 11.4. The summed E-state index contributed by atoms with van der Waals surface area (Å²) in [7, 11) is 0. The number of aromatic amines is 1. The predicted molar refractivity (Wildman–Crippen MR) is 84.3 cm³/mol. The van der Waals surface area contributed by atoms with Crippen LogP contribution in [0.25, 0.3) is 27.5 Å². The molecule has 0 fully saturated rings. The van der Waals surface area contributed by atoms with Crippen LogP contribution in [0, 0.1) is 0 Å². The van der Waals surface area contributed by atoms with Crippen molar-refractivity contribution in [3.63, 3.8) is 0 Å². The molecule has 0 bridgehead atoms. The summed E-state index contributed by atoms with van der Waals surface area (Å²) in [6.07, 6.45) is 3.82. The van der Waals surface area contributed by atoms with Gasteiger partial charge in [-0.2, -0.15) is 4.57 Å². The van der Waals surface area contributed by atoms with E-state index in [4.69, 9.17) is 0 Å². The molecule has 0 spiro atoms. The summed E-state index contributed by atoms with van der Waals surface area (Å²) in [5.41, 5.74) is 2.98. The van der Waals surface area contributed by atoms with Crippen LogP contribution in [-0.4, -0.2) is 16.1 Å². The molecule has 0 saturated heterocycles. The standard InChI is InChI=1S/C18H12N2O2/c21-18(22)14-6-2-4-8-17(14)20-10-9-13-12-5-1-3-7-15(12)19-16(13)11-20/h1-11H,(H,21,22)/p+1. The van der Waals surface area contributed by atoms with Crippen LogP contribution in [-0.2, 0) is 0 Å². The van der Waals surface area contributed by atoms with Crippen LogP contribution in [0.2, 0.25) is 0 Å².